The molecule has 4 nitrogen and oxygen atoms in total. The number of hydrogen-bond acceptors (Lipinski definition) is 3. The van der Waals surface area contributed by atoms with Gasteiger partial charge in [-0.3, -0.25) is 10.1 Å². The fourth-order valence-corrected chi connectivity index (χ4v) is 2.57. The van der Waals surface area contributed by atoms with Crippen LogP contribution >= 0.6 is 31.9 Å². The van der Waals surface area contributed by atoms with Gasteiger partial charge in [-0.05, 0) is 34.5 Å². The smallest absolute Gasteiger partial charge is 0.235 e. The van der Waals surface area contributed by atoms with E-state index in [4.69, 9.17) is 4.74 Å². The summed E-state index contributed by atoms with van der Waals surface area (Å²) in [6.07, 6.45) is 3.19. The standard InChI is InChI=1S/C11H11Br2NO3/c1-2-5-17-11-8(3-4-14(15)16)6-9(12)7-10(11)13/h3-4,6-7H,2,5H2,1H3. The first-order valence-corrected chi connectivity index (χ1v) is 6.56. The molecule has 6 heteroatoms. The zero-order chi connectivity index (χ0) is 12.8. The number of benzene rings is 1. The summed E-state index contributed by atoms with van der Waals surface area (Å²) in [7, 11) is 0. The molecule has 0 N–H and O–H groups in total. The van der Waals surface area contributed by atoms with Crippen molar-refractivity contribution < 1.29 is 9.66 Å². The number of hydrogen-bond donors (Lipinski definition) is 0. The van der Waals surface area contributed by atoms with Gasteiger partial charge in [0.05, 0.1) is 16.0 Å². The SMILES string of the molecule is CCCOc1c(Br)cc(Br)cc1C=C[N+](=O)[O-]. The molecule has 17 heavy (non-hydrogen) atoms. The fraction of sp³-hybridized carbons (Fsp3) is 0.273. The minimum Gasteiger partial charge on any atom is -0.492 e. The number of nitro groups is 1. The Bertz CT molecular complexity index is 447. The number of halogens is 2. The van der Waals surface area contributed by atoms with Gasteiger partial charge in [0.25, 0.3) is 0 Å². The Morgan fingerprint density at radius 2 is 2.18 bits per heavy atom. The minimum atomic E-state index is -0.502. The molecular formula is C11H11Br2NO3. The molecule has 0 aromatic heterocycles. The highest BCUT2D eigenvalue weighted by Crippen LogP contribution is 2.33. The van der Waals surface area contributed by atoms with Gasteiger partial charge >= 0.3 is 0 Å². The maximum absolute atomic E-state index is 10.3. The summed E-state index contributed by atoms with van der Waals surface area (Å²) in [6.45, 7) is 2.57. The predicted molar refractivity (Wildman–Crippen MR) is 73.7 cm³/mol. The van der Waals surface area contributed by atoms with Crippen molar-refractivity contribution in [1.29, 1.82) is 0 Å². The molecule has 0 saturated carbocycles. The van der Waals surface area contributed by atoms with Crippen LogP contribution < -0.4 is 4.74 Å². The minimum absolute atomic E-state index is 0.502. The van der Waals surface area contributed by atoms with Crippen molar-refractivity contribution in [2.24, 2.45) is 0 Å². The van der Waals surface area contributed by atoms with Crippen LogP contribution in [-0.4, -0.2) is 11.5 Å². The van der Waals surface area contributed by atoms with Crippen molar-refractivity contribution in [2.75, 3.05) is 6.61 Å². The van der Waals surface area contributed by atoms with Crippen molar-refractivity contribution in [1.82, 2.24) is 0 Å². The average Bonchev–Trinajstić information content (AvgIpc) is 2.24. The van der Waals surface area contributed by atoms with E-state index in [1.165, 1.54) is 6.08 Å². The van der Waals surface area contributed by atoms with E-state index in [2.05, 4.69) is 31.9 Å². The largest absolute Gasteiger partial charge is 0.492 e. The highest BCUT2D eigenvalue weighted by atomic mass is 79.9. The predicted octanol–water partition coefficient (Wildman–Crippen LogP) is 4.25. The molecule has 0 saturated heterocycles. The lowest BCUT2D eigenvalue weighted by molar-refractivity contribution is -0.400. The third kappa shape index (κ3) is 4.47. The molecule has 0 atom stereocenters. The first kappa shape index (κ1) is 14.2. The van der Waals surface area contributed by atoms with E-state index in [0.717, 1.165) is 21.6 Å². The summed E-state index contributed by atoms with van der Waals surface area (Å²) < 4.78 is 7.16. The van der Waals surface area contributed by atoms with E-state index < -0.39 is 4.92 Å². The molecule has 0 fully saturated rings. The second-order valence-corrected chi connectivity index (χ2v) is 5.03. The Balaban J connectivity index is 3.10. The molecule has 0 amide bonds. The van der Waals surface area contributed by atoms with Crippen LogP contribution in [0.25, 0.3) is 6.08 Å². The molecule has 1 aromatic rings. The number of ether oxygens (including phenoxy) is 1. The summed E-state index contributed by atoms with van der Waals surface area (Å²) in [5.74, 6) is 0.619. The Labute approximate surface area is 116 Å². The van der Waals surface area contributed by atoms with Crippen molar-refractivity contribution in [3.05, 3.63) is 43.0 Å². The summed E-state index contributed by atoms with van der Waals surface area (Å²) in [4.78, 5) is 9.82. The first-order valence-electron chi connectivity index (χ1n) is 4.98. The Morgan fingerprint density at radius 3 is 2.76 bits per heavy atom. The van der Waals surface area contributed by atoms with E-state index in [1.54, 1.807) is 6.07 Å². The zero-order valence-electron chi connectivity index (χ0n) is 9.15. The van der Waals surface area contributed by atoms with E-state index >= 15 is 0 Å². The molecular weight excluding hydrogens is 354 g/mol. The van der Waals surface area contributed by atoms with Crippen LogP contribution in [0.15, 0.2) is 27.3 Å². The van der Waals surface area contributed by atoms with E-state index in [0.29, 0.717) is 17.9 Å². The lowest BCUT2D eigenvalue weighted by Crippen LogP contribution is -1.98. The van der Waals surface area contributed by atoms with Gasteiger partial charge in [0.2, 0.25) is 6.20 Å². The van der Waals surface area contributed by atoms with Gasteiger partial charge in [-0.25, -0.2) is 0 Å². The van der Waals surface area contributed by atoms with E-state index in [1.807, 2.05) is 13.0 Å². The molecule has 0 radical (unpaired) electrons. The maximum Gasteiger partial charge on any atom is 0.235 e. The van der Waals surface area contributed by atoms with Crippen molar-refractivity contribution in [3.8, 4) is 5.75 Å². The van der Waals surface area contributed by atoms with Crippen LogP contribution in [0.3, 0.4) is 0 Å². The van der Waals surface area contributed by atoms with E-state index in [9.17, 15) is 10.1 Å². The van der Waals surface area contributed by atoms with Crippen molar-refractivity contribution >= 4 is 37.9 Å². The first-order chi connectivity index (χ1) is 8.04. The molecule has 1 aromatic carbocycles. The zero-order valence-corrected chi connectivity index (χ0v) is 12.3. The Hall–Kier alpha value is -0.880. The topological polar surface area (TPSA) is 52.4 Å². The van der Waals surface area contributed by atoms with E-state index in [-0.39, 0.29) is 0 Å². The van der Waals surface area contributed by atoms with Gasteiger partial charge in [-0.15, -0.1) is 0 Å². The third-order valence-corrected chi connectivity index (χ3v) is 2.91. The molecule has 0 aliphatic rings. The maximum atomic E-state index is 10.3. The summed E-state index contributed by atoms with van der Waals surface area (Å²) in [6, 6.07) is 3.62. The quantitative estimate of drug-likeness (QED) is 0.579. The molecule has 1 rings (SSSR count). The second-order valence-electron chi connectivity index (χ2n) is 3.26. The molecule has 0 aliphatic carbocycles. The van der Waals surface area contributed by atoms with Crippen molar-refractivity contribution in [3.63, 3.8) is 0 Å². The normalized spacial score (nSPS) is 10.8. The molecule has 0 spiro atoms. The summed E-state index contributed by atoms with van der Waals surface area (Å²) >= 11 is 6.71. The van der Waals surface area contributed by atoms with Gasteiger partial charge in [0.1, 0.15) is 5.75 Å². The fourth-order valence-electron chi connectivity index (χ4n) is 1.20. The Morgan fingerprint density at radius 1 is 1.47 bits per heavy atom. The lowest BCUT2D eigenvalue weighted by Gasteiger charge is -2.10. The second kappa shape index (κ2) is 6.76. The molecule has 0 bridgehead atoms. The number of rotatable bonds is 5. The van der Waals surface area contributed by atoms with Gasteiger partial charge < -0.3 is 4.74 Å². The van der Waals surface area contributed by atoms with Crippen LogP contribution in [0.1, 0.15) is 18.9 Å². The average molecular weight is 365 g/mol. The molecule has 92 valence electrons. The van der Waals surface area contributed by atoms with Crippen LogP contribution in [0.2, 0.25) is 0 Å². The Kier molecular flexibility index (Phi) is 5.64. The van der Waals surface area contributed by atoms with Gasteiger partial charge in [-0.1, -0.05) is 22.9 Å². The number of nitrogens with zero attached hydrogens (tertiary/aromatic N) is 1. The highest BCUT2D eigenvalue weighted by molar-refractivity contribution is 9.11. The third-order valence-electron chi connectivity index (χ3n) is 1.86. The molecule has 0 aliphatic heterocycles. The molecule has 0 heterocycles. The van der Waals surface area contributed by atoms with Crippen molar-refractivity contribution in [2.45, 2.75) is 13.3 Å². The monoisotopic (exact) mass is 363 g/mol. The highest BCUT2D eigenvalue weighted by Gasteiger charge is 2.09. The summed E-state index contributed by atoms with van der Waals surface area (Å²) in [5.41, 5.74) is 0.663. The van der Waals surface area contributed by atoms with Gasteiger partial charge in [-0.2, -0.15) is 0 Å². The van der Waals surface area contributed by atoms with Crippen LogP contribution in [0.5, 0.6) is 5.75 Å². The molecule has 0 unspecified atom stereocenters. The van der Waals surface area contributed by atoms with Crippen LogP contribution in [0.4, 0.5) is 0 Å². The summed E-state index contributed by atoms with van der Waals surface area (Å²) in [5, 5.41) is 10.3. The lowest BCUT2D eigenvalue weighted by atomic mass is 10.2. The van der Waals surface area contributed by atoms with Gasteiger partial charge in [0, 0.05) is 16.1 Å². The van der Waals surface area contributed by atoms with Gasteiger partial charge in [0.15, 0.2) is 0 Å². The van der Waals surface area contributed by atoms with Crippen LogP contribution in [-0.2, 0) is 0 Å². The van der Waals surface area contributed by atoms with Crippen LogP contribution in [0, 0.1) is 10.1 Å².